The Bertz CT molecular complexity index is 802. The number of benzene rings is 2. The normalized spacial score (nSPS) is 12.1. The highest BCUT2D eigenvalue weighted by atomic mass is 32.2. The first-order valence-corrected chi connectivity index (χ1v) is 10.0. The number of ether oxygens (including phenoxy) is 1. The Morgan fingerprint density at radius 2 is 1.63 bits per heavy atom. The van der Waals surface area contributed by atoms with Gasteiger partial charge >= 0.3 is 5.97 Å². The predicted octanol–water partition coefficient (Wildman–Crippen LogP) is 3.34. The number of carbonyl (C=O) groups excluding carboxylic acids is 1. The summed E-state index contributed by atoms with van der Waals surface area (Å²) in [6.07, 6.45) is 0.660. The first-order chi connectivity index (χ1) is 12.6. The minimum Gasteiger partial charge on any atom is -0.460 e. The van der Waals surface area contributed by atoms with Crippen LogP contribution < -0.4 is 5.73 Å². The van der Waals surface area contributed by atoms with E-state index < -0.39 is 16.2 Å². The van der Waals surface area contributed by atoms with Crippen molar-refractivity contribution in [3.05, 3.63) is 65.7 Å². The highest BCUT2D eigenvalue weighted by Gasteiger charge is 2.16. The van der Waals surface area contributed by atoms with Crippen molar-refractivity contribution >= 4 is 16.1 Å². The topological polar surface area (TPSA) is 107 Å². The molecule has 0 amide bonds. The Labute approximate surface area is 161 Å². The molecule has 1 atom stereocenters. The fourth-order valence-electron chi connectivity index (χ4n) is 2.15. The van der Waals surface area contributed by atoms with E-state index in [2.05, 4.69) is 0 Å². The van der Waals surface area contributed by atoms with Crippen molar-refractivity contribution in [2.24, 2.45) is 11.7 Å². The molecule has 0 saturated heterocycles. The number of hydrogen-bond donors (Lipinski definition) is 2. The second-order valence-electron chi connectivity index (χ2n) is 6.62. The van der Waals surface area contributed by atoms with E-state index >= 15 is 0 Å². The molecule has 1 unspecified atom stereocenters. The molecular weight excluding hydrogens is 366 g/mol. The summed E-state index contributed by atoms with van der Waals surface area (Å²) in [6, 6.07) is 15.1. The molecule has 27 heavy (non-hydrogen) atoms. The smallest absolute Gasteiger partial charge is 0.323 e. The van der Waals surface area contributed by atoms with Crippen LogP contribution in [0, 0.1) is 12.8 Å². The van der Waals surface area contributed by atoms with Crippen LogP contribution in [0.4, 0.5) is 0 Å². The summed E-state index contributed by atoms with van der Waals surface area (Å²) < 4.78 is 34.7. The Morgan fingerprint density at radius 3 is 2.11 bits per heavy atom. The molecule has 0 saturated carbocycles. The average molecular weight is 394 g/mol. The van der Waals surface area contributed by atoms with Gasteiger partial charge in [-0.15, -0.1) is 0 Å². The maximum absolute atomic E-state index is 11.5. The van der Waals surface area contributed by atoms with Crippen molar-refractivity contribution in [2.45, 2.75) is 44.7 Å². The van der Waals surface area contributed by atoms with Gasteiger partial charge < -0.3 is 10.5 Å². The quantitative estimate of drug-likeness (QED) is 0.576. The Morgan fingerprint density at radius 1 is 1.07 bits per heavy atom. The molecule has 0 aliphatic heterocycles. The summed E-state index contributed by atoms with van der Waals surface area (Å²) >= 11 is 0. The molecule has 0 heterocycles. The summed E-state index contributed by atoms with van der Waals surface area (Å²) in [6.45, 7) is 6.20. The van der Waals surface area contributed by atoms with Crippen molar-refractivity contribution < 1.29 is 22.5 Å². The van der Waals surface area contributed by atoms with Crippen molar-refractivity contribution in [3.63, 3.8) is 0 Å². The number of aryl methyl sites for hydroxylation is 1. The third kappa shape index (κ3) is 9.33. The second kappa shape index (κ2) is 10.8. The molecule has 6 nitrogen and oxygen atoms in total. The first kappa shape index (κ1) is 22.8. The molecule has 0 fully saturated rings. The van der Waals surface area contributed by atoms with Gasteiger partial charge in [-0.3, -0.25) is 9.35 Å². The third-order valence-corrected chi connectivity index (χ3v) is 4.44. The van der Waals surface area contributed by atoms with Crippen molar-refractivity contribution in [2.75, 3.05) is 0 Å². The minimum atomic E-state index is -4.02. The van der Waals surface area contributed by atoms with Crippen LogP contribution in [0.5, 0.6) is 0 Å². The van der Waals surface area contributed by atoms with Crippen molar-refractivity contribution in [1.82, 2.24) is 0 Å². The Balaban J connectivity index is 0.000000289. The molecule has 0 aliphatic carbocycles. The van der Waals surface area contributed by atoms with Gasteiger partial charge in [-0.2, -0.15) is 8.42 Å². The summed E-state index contributed by atoms with van der Waals surface area (Å²) in [5, 5.41) is 0. The molecule has 0 radical (unpaired) electrons. The van der Waals surface area contributed by atoms with Gasteiger partial charge in [-0.05, 0) is 37.0 Å². The molecule has 0 aromatic heterocycles. The van der Waals surface area contributed by atoms with Gasteiger partial charge in [0.05, 0.1) is 4.90 Å². The molecule has 0 spiro atoms. The van der Waals surface area contributed by atoms with E-state index in [-0.39, 0.29) is 10.9 Å². The van der Waals surface area contributed by atoms with Crippen LogP contribution in [0.1, 0.15) is 31.4 Å². The zero-order chi connectivity index (χ0) is 20.4. The lowest BCUT2D eigenvalue weighted by Gasteiger charge is -2.13. The fraction of sp³-hybridized carbons (Fsp3) is 0.350. The molecule has 3 N–H and O–H groups in total. The molecule has 0 bridgehead atoms. The lowest BCUT2D eigenvalue weighted by atomic mass is 10.1. The highest BCUT2D eigenvalue weighted by Crippen LogP contribution is 2.08. The summed E-state index contributed by atoms with van der Waals surface area (Å²) in [7, 11) is -4.02. The molecule has 148 valence electrons. The SMILES string of the molecule is CC(C)CC(N)C(=O)OCc1ccccc1.Cc1ccc(S(=O)(=O)O)cc1. The van der Waals surface area contributed by atoms with Gasteiger partial charge in [0.25, 0.3) is 10.1 Å². The number of nitrogens with two attached hydrogens (primary N) is 1. The minimum absolute atomic E-state index is 0.0666. The van der Waals surface area contributed by atoms with Crippen LogP contribution in [-0.2, 0) is 26.3 Å². The van der Waals surface area contributed by atoms with E-state index in [1.165, 1.54) is 12.1 Å². The third-order valence-electron chi connectivity index (χ3n) is 3.57. The lowest BCUT2D eigenvalue weighted by molar-refractivity contribution is -0.146. The van der Waals surface area contributed by atoms with Gasteiger partial charge in [-0.25, -0.2) is 0 Å². The standard InChI is InChI=1S/C13H19NO2.C7H8O3S/c1-10(2)8-12(14)13(15)16-9-11-6-4-3-5-7-11;1-6-2-4-7(5-3-6)11(8,9)10/h3-7,10,12H,8-9,14H2,1-2H3;2-5H,1H3,(H,8,9,10). The van der Waals surface area contributed by atoms with Crippen LogP contribution in [0.2, 0.25) is 0 Å². The molecule has 0 aliphatic rings. The Hall–Kier alpha value is -2.22. The average Bonchev–Trinajstić information content (AvgIpc) is 2.60. The van der Waals surface area contributed by atoms with Crippen LogP contribution in [0.25, 0.3) is 0 Å². The summed E-state index contributed by atoms with van der Waals surface area (Å²) in [5.41, 5.74) is 7.64. The summed E-state index contributed by atoms with van der Waals surface area (Å²) in [5.74, 6) is 0.0804. The van der Waals surface area contributed by atoms with Crippen molar-refractivity contribution in [1.29, 1.82) is 0 Å². The highest BCUT2D eigenvalue weighted by molar-refractivity contribution is 7.85. The second-order valence-corrected chi connectivity index (χ2v) is 8.04. The monoisotopic (exact) mass is 393 g/mol. The van der Waals surface area contributed by atoms with Crippen LogP contribution in [0.3, 0.4) is 0 Å². The molecular formula is C20H27NO5S. The predicted molar refractivity (Wildman–Crippen MR) is 105 cm³/mol. The number of rotatable bonds is 6. The van der Waals surface area contributed by atoms with E-state index in [0.717, 1.165) is 11.1 Å². The maximum atomic E-state index is 11.5. The molecule has 2 aromatic carbocycles. The number of hydrogen-bond acceptors (Lipinski definition) is 5. The van der Waals surface area contributed by atoms with Gasteiger partial charge in [-0.1, -0.05) is 61.9 Å². The van der Waals surface area contributed by atoms with Crippen LogP contribution >= 0.6 is 0 Å². The fourth-order valence-corrected chi connectivity index (χ4v) is 2.63. The summed E-state index contributed by atoms with van der Waals surface area (Å²) in [4.78, 5) is 11.4. The molecule has 2 aromatic rings. The van der Waals surface area contributed by atoms with E-state index in [4.69, 9.17) is 15.0 Å². The number of carbonyl (C=O) groups is 1. The zero-order valence-corrected chi connectivity index (χ0v) is 16.6. The van der Waals surface area contributed by atoms with Crippen molar-refractivity contribution in [3.8, 4) is 0 Å². The largest absolute Gasteiger partial charge is 0.460 e. The van der Waals surface area contributed by atoms with E-state index in [1.54, 1.807) is 12.1 Å². The van der Waals surface area contributed by atoms with Crippen LogP contribution in [0.15, 0.2) is 59.5 Å². The van der Waals surface area contributed by atoms with E-state index in [9.17, 15) is 13.2 Å². The Kier molecular flexibility index (Phi) is 9.14. The lowest BCUT2D eigenvalue weighted by Crippen LogP contribution is -2.33. The number of esters is 1. The molecule has 7 heteroatoms. The molecule has 2 rings (SSSR count). The van der Waals surface area contributed by atoms with E-state index in [0.29, 0.717) is 18.9 Å². The van der Waals surface area contributed by atoms with E-state index in [1.807, 2.05) is 51.1 Å². The maximum Gasteiger partial charge on any atom is 0.323 e. The van der Waals surface area contributed by atoms with Gasteiger partial charge in [0.15, 0.2) is 0 Å². The first-order valence-electron chi connectivity index (χ1n) is 8.60. The van der Waals surface area contributed by atoms with Crippen LogP contribution in [-0.4, -0.2) is 25.0 Å². The zero-order valence-electron chi connectivity index (χ0n) is 15.8. The van der Waals surface area contributed by atoms with Gasteiger partial charge in [0.1, 0.15) is 12.6 Å². The van der Waals surface area contributed by atoms with Gasteiger partial charge in [0, 0.05) is 0 Å². The van der Waals surface area contributed by atoms with Gasteiger partial charge in [0.2, 0.25) is 0 Å².